The molecule has 0 spiro atoms. The van der Waals surface area contributed by atoms with Crippen LogP contribution in [-0.4, -0.2) is 12.0 Å². The predicted molar refractivity (Wildman–Crippen MR) is 50.9 cm³/mol. The van der Waals surface area contributed by atoms with Crippen molar-refractivity contribution in [3.05, 3.63) is 12.2 Å². The van der Waals surface area contributed by atoms with Gasteiger partial charge < -0.3 is 0 Å². The number of amides is 1. The molecule has 1 amide bonds. The van der Waals surface area contributed by atoms with Crippen molar-refractivity contribution >= 4 is 5.91 Å². The molecule has 3 nitrogen and oxygen atoms in total. The van der Waals surface area contributed by atoms with Gasteiger partial charge in [0.25, 0.3) is 0 Å². The summed E-state index contributed by atoms with van der Waals surface area (Å²) in [6.07, 6.45) is 10.0. The van der Waals surface area contributed by atoms with Crippen molar-refractivity contribution < 1.29 is 9.63 Å². The van der Waals surface area contributed by atoms with E-state index in [9.17, 15) is 4.79 Å². The fourth-order valence-corrected chi connectivity index (χ4v) is 1.39. The predicted octanol–water partition coefficient (Wildman–Crippen LogP) is 1.94. The van der Waals surface area contributed by atoms with E-state index in [1.807, 2.05) is 6.08 Å². The molecule has 0 aromatic rings. The lowest BCUT2D eigenvalue weighted by Gasteiger charge is -2.15. The van der Waals surface area contributed by atoms with Gasteiger partial charge in [-0.2, -0.15) is 0 Å². The fourth-order valence-electron chi connectivity index (χ4n) is 1.39. The van der Waals surface area contributed by atoms with Crippen LogP contribution in [0.4, 0.5) is 0 Å². The van der Waals surface area contributed by atoms with E-state index in [2.05, 4.69) is 11.6 Å². The lowest BCUT2D eigenvalue weighted by molar-refractivity contribution is -0.134. The SMILES string of the molecule is CC(=O)NOC1C=CCCCCC1. The Kier molecular flexibility index (Phi) is 4.54. The molecule has 0 aromatic heterocycles. The maximum atomic E-state index is 10.6. The summed E-state index contributed by atoms with van der Waals surface area (Å²) in [7, 11) is 0. The number of allylic oxidation sites excluding steroid dienone is 1. The molecule has 1 atom stereocenters. The molecule has 1 unspecified atom stereocenters. The van der Waals surface area contributed by atoms with E-state index in [-0.39, 0.29) is 12.0 Å². The smallest absolute Gasteiger partial charge is 0.240 e. The Morgan fingerprint density at radius 3 is 3.08 bits per heavy atom. The second-order valence-corrected chi connectivity index (χ2v) is 3.38. The Labute approximate surface area is 79.1 Å². The lowest BCUT2D eigenvalue weighted by Crippen LogP contribution is -2.26. The highest BCUT2D eigenvalue weighted by molar-refractivity contribution is 5.71. The summed E-state index contributed by atoms with van der Waals surface area (Å²) >= 11 is 0. The van der Waals surface area contributed by atoms with Crippen molar-refractivity contribution in [1.29, 1.82) is 0 Å². The molecule has 74 valence electrons. The first-order chi connectivity index (χ1) is 6.29. The van der Waals surface area contributed by atoms with E-state index < -0.39 is 0 Å². The maximum absolute atomic E-state index is 10.6. The first kappa shape index (κ1) is 10.3. The van der Waals surface area contributed by atoms with E-state index in [1.165, 1.54) is 26.2 Å². The second kappa shape index (κ2) is 5.75. The summed E-state index contributed by atoms with van der Waals surface area (Å²) in [6.45, 7) is 1.45. The molecule has 1 aliphatic carbocycles. The van der Waals surface area contributed by atoms with Gasteiger partial charge in [0.15, 0.2) is 0 Å². The number of hydrogen-bond acceptors (Lipinski definition) is 2. The Balaban J connectivity index is 2.28. The van der Waals surface area contributed by atoms with Gasteiger partial charge in [0.05, 0.1) is 0 Å². The van der Waals surface area contributed by atoms with Gasteiger partial charge in [0.2, 0.25) is 5.91 Å². The number of carbonyl (C=O) groups excluding carboxylic acids is 1. The highest BCUT2D eigenvalue weighted by Crippen LogP contribution is 2.13. The normalized spacial score (nSPS) is 23.3. The van der Waals surface area contributed by atoms with Crippen molar-refractivity contribution in [2.45, 2.75) is 45.1 Å². The van der Waals surface area contributed by atoms with Gasteiger partial charge in [-0.1, -0.05) is 25.0 Å². The van der Waals surface area contributed by atoms with Crippen LogP contribution < -0.4 is 5.48 Å². The maximum Gasteiger partial charge on any atom is 0.240 e. The highest BCUT2D eigenvalue weighted by Gasteiger charge is 2.07. The largest absolute Gasteiger partial charge is 0.273 e. The van der Waals surface area contributed by atoms with Crippen molar-refractivity contribution in [3.63, 3.8) is 0 Å². The molecule has 0 bridgehead atoms. The molecule has 0 heterocycles. The van der Waals surface area contributed by atoms with Crippen LogP contribution in [-0.2, 0) is 9.63 Å². The van der Waals surface area contributed by atoms with Crippen LogP contribution in [0.25, 0.3) is 0 Å². The van der Waals surface area contributed by atoms with Crippen LogP contribution in [0.15, 0.2) is 12.2 Å². The van der Waals surface area contributed by atoms with Crippen LogP contribution in [0.5, 0.6) is 0 Å². The molecule has 0 radical (unpaired) electrons. The summed E-state index contributed by atoms with van der Waals surface area (Å²) in [5, 5.41) is 0. The minimum Gasteiger partial charge on any atom is -0.273 e. The molecular formula is C10H17NO2. The van der Waals surface area contributed by atoms with Crippen LogP contribution in [0, 0.1) is 0 Å². The van der Waals surface area contributed by atoms with E-state index >= 15 is 0 Å². The minimum absolute atomic E-state index is 0.0594. The Morgan fingerprint density at radius 2 is 2.31 bits per heavy atom. The summed E-state index contributed by atoms with van der Waals surface area (Å²) < 4.78 is 0. The Morgan fingerprint density at radius 1 is 1.46 bits per heavy atom. The van der Waals surface area contributed by atoms with Gasteiger partial charge in [0, 0.05) is 6.92 Å². The molecule has 1 N–H and O–H groups in total. The zero-order valence-electron chi connectivity index (χ0n) is 8.08. The topological polar surface area (TPSA) is 38.3 Å². The molecule has 0 aliphatic heterocycles. The fraction of sp³-hybridized carbons (Fsp3) is 0.700. The number of rotatable bonds is 2. The third-order valence-electron chi connectivity index (χ3n) is 2.06. The average molecular weight is 183 g/mol. The van der Waals surface area contributed by atoms with E-state index in [0.717, 1.165) is 12.8 Å². The summed E-state index contributed by atoms with van der Waals surface area (Å²) in [5.74, 6) is -0.143. The average Bonchev–Trinajstić information content (AvgIpc) is 2.01. The highest BCUT2D eigenvalue weighted by atomic mass is 16.7. The van der Waals surface area contributed by atoms with Crippen molar-refractivity contribution in [3.8, 4) is 0 Å². The van der Waals surface area contributed by atoms with Crippen LogP contribution >= 0.6 is 0 Å². The number of carbonyl (C=O) groups is 1. The van der Waals surface area contributed by atoms with Crippen LogP contribution in [0.1, 0.15) is 39.0 Å². The third kappa shape index (κ3) is 4.68. The van der Waals surface area contributed by atoms with Gasteiger partial charge >= 0.3 is 0 Å². The zero-order chi connectivity index (χ0) is 9.52. The quantitative estimate of drug-likeness (QED) is 0.525. The molecule has 13 heavy (non-hydrogen) atoms. The van der Waals surface area contributed by atoms with Gasteiger partial charge in [-0.3, -0.25) is 9.63 Å². The summed E-state index contributed by atoms with van der Waals surface area (Å²) in [5.41, 5.74) is 2.37. The number of hydroxylamine groups is 1. The van der Waals surface area contributed by atoms with Gasteiger partial charge in [-0.15, -0.1) is 0 Å². The van der Waals surface area contributed by atoms with Crippen LogP contribution in [0.3, 0.4) is 0 Å². The molecular weight excluding hydrogens is 166 g/mol. The monoisotopic (exact) mass is 183 g/mol. The summed E-state index contributed by atoms with van der Waals surface area (Å²) in [4.78, 5) is 15.8. The Bertz CT molecular complexity index is 189. The molecule has 1 aliphatic rings. The molecule has 0 aromatic carbocycles. The van der Waals surface area contributed by atoms with Gasteiger partial charge in [-0.05, 0) is 19.3 Å². The zero-order valence-corrected chi connectivity index (χ0v) is 8.08. The van der Waals surface area contributed by atoms with Crippen molar-refractivity contribution in [2.75, 3.05) is 0 Å². The molecule has 0 saturated carbocycles. The molecule has 0 fully saturated rings. The first-order valence-corrected chi connectivity index (χ1v) is 4.88. The number of nitrogens with one attached hydrogen (secondary N) is 1. The minimum atomic E-state index is -0.143. The first-order valence-electron chi connectivity index (χ1n) is 4.88. The summed E-state index contributed by atoms with van der Waals surface area (Å²) in [6, 6.07) is 0. The van der Waals surface area contributed by atoms with Crippen molar-refractivity contribution in [2.24, 2.45) is 0 Å². The van der Waals surface area contributed by atoms with Crippen LogP contribution in [0.2, 0.25) is 0 Å². The molecule has 0 saturated heterocycles. The van der Waals surface area contributed by atoms with Crippen molar-refractivity contribution in [1.82, 2.24) is 5.48 Å². The van der Waals surface area contributed by atoms with Gasteiger partial charge in [0.1, 0.15) is 6.10 Å². The molecule has 1 rings (SSSR count). The third-order valence-corrected chi connectivity index (χ3v) is 2.06. The Hall–Kier alpha value is -0.830. The second-order valence-electron chi connectivity index (χ2n) is 3.38. The molecule has 3 heteroatoms. The van der Waals surface area contributed by atoms with E-state index in [0.29, 0.717) is 0 Å². The van der Waals surface area contributed by atoms with Gasteiger partial charge in [-0.25, -0.2) is 5.48 Å². The standard InChI is InChI=1S/C10H17NO2/c1-9(12)11-13-10-7-5-3-2-4-6-8-10/h5,7,10H,2-4,6,8H2,1H3,(H,11,12). The van der Waals surface area contributed by atoms with E-state index in [1.54, 1.807) is 0 Å². The van der Waals surface area contributed by atoms with E-state index in [4.69, 9.17) is 4.84 Å². The lowest BCUT2D eigenvalue weighted by atomic mass is 10.0. The number of hydrogen-bond donors (Lipinski definition) is 1.